The lowest BCUT2D eigenvalue weighted by atomic mass is 9.94. The standard InChI is InChI=1S/C12H20ClNO3/c1-11(2,3)17-10(16)14-8-4-5-12(14,9-15)6-7-13/h4,8,15H,5-7,9H2,1-3H3. The molecule has 0 fully saturated rings. The highest BCUT2D eigenvalue weighted by atomic mass is 35.5. The number of hydrogen-bond acceptors (Lipinski definition) is 3. The zero-order valence-electron chi connectivity index (χ0n) is 10.6. The minimum atomic E-state index is -0.635. The lowest BCUT2D eigenvalue weighted by Gasteiger charge is -2.37. The number of halogens is 1. The van der Waals surface area contributed by atoms with Crippen LogP contribution < -0.4 is 0 Å². The van der Waals surface area contributed by atoms with Crippen LogP contribution >= 0.6 is 11.6 Å². The van der Waals surface area contributed by atoms with Crippen molar-refractivity contribution in [2.24, 2.45) is 0 Å². The number of hydrogen-bond donors (Lipinski definition) is 1. The van der Waals surface area contributed by atoms with Crippen molar-refractivity contribution >= 4 is 17.7 Å². The van der Waals surface area contributed by atoms with Gasteiger partial charge in [-0.1, -0.05) is 6.08 Å². The Morgan fingerprint density at radius 3 is 2.71 bits per heavy atom. The molecule has 1 unspecified atom stereocenters. The highest BCUT2D eigenvalue weighted by molar-refractivity contribution is 6.17. The van der Waals surface area contributed by atoms with E-state index in [0.717, 1.165) is 0 Å². The van der Waals surface area contributed by atoms with Gasteiger partial charge in [-0.15, -0.1) is 11.6 Å². The lowest BCUT2D eigenvalue weighted by Crippen LogP contribution is -2.50. The minimum Gasteiger partial charge on any atom is -0.443 e. The van der Waals surface area contributed by atoms with Gasteiger partial charge in [0.25, 0.3) is 0 Å². The van der Waals surface area contributed by atoms with Crippen molar-refractivity contribution < 1.29 is 14.6 Å². The average molecular weight is 262 g/mol. The molecule has 1 amide bonds. The summed E-state index contributed by atoms with van der Waals surface area (Å²) in [6.07, 6.45) is 4.22. The van der Waals surface area contributed by atoms with Crippen LogP contribution in [0.4, 0.5) is 4.79 Å². The Hall–Kier alpha value is -0.740. The molecule has 1 rings (SSSR count). The highest BCUT2D eigenvalue weighted by Gasteiger charge is 2.41. The molecule has 1 heterocycles. The van der Waals surface area contributed by atoms with Gasteiger partial charge in [0.05, 0.1) is 12.1 Å². The summed E-state index contributed by atoms with van der Waals surface area (Å²) in [5.74, 6) is 0.390. The van der Waals surface area contributed by atoms with Crippen molar-refractivity contribution in [1.82, 2.24) is 4.90 Å². The number of aliphatic hydroxyl groups excluding tert-OH is 1. The largest absolute Gasteiger partial charge is 0.443 e. The molecule has 0 aromatic heterocycles. The van der Waals surface area contributed by atoms with Gasteiger partial charge in [-0.05, 0) is 33.6 Å². The van der Waals surface area contributed by atoms with Gasteiger partial charge in [0.2, 0.25) is 0 Å². The first-order valence-electron chi connectivity index (χ1n) is 5.70. The molecule has 1 aliphatic rings. The number of ether oxygens (including phenoxy) is 1. The first kappa shape index (κ1) is 14.3. The van der Waals surface area contributed by atoms with E-state index >= 15 is 0 Å². The number of carbonyl (C=O) groups excluding carboxylic acids is 1. The van der Waals surface area contributed by atoms with E-state index in [1.165, 1.54) is 4.90 Å². The van der Waals surface area contributed by atoms with E-state index in [-0.39, 0.29) is 6.61 Å². The van der Waals surface area contributed by atoms with Crippen molar-refractivity contribution in [2.45, 2.75) is 44.8 Å². The zero-order valence-corrected chi connectivity index (χ0v) is 11.3. The molecule has 1 atom stereocenters. The van der Waals surface area contributed by atoms with Gasteiger partial charge >= 0.3 is 6.09 Å². The fraction of sp³-hybridized carbons (Fsp3) is 0.750. The van der Waals surface area contributed by atoms with Crippen molar-refractivity contribution in [1.29, 1.82) is 0 Å². The molecule has 0 aromatic rings. The summed E-state index contributed by atoms with van der Waals surface area (Å²) in [5.41, 5.74) is -1.18. The maximum atomic E-state index is 12.0. The van der Waals surface area contributed by atoms with E-state index in [2.05, 4.69) is 0 Å². The van der Waals surface area contributed by atoms with Crippen molar-refractivity contribution in [2.75, 3.05) is 12.5 Å². The molecule has 0 aromatic carbocycles. The number of rotatable bonds is 3. The number of amides is 1. The van der Waals surface area contributed by atoms with Gasteiger partial charge in [-0.25, -0.2) is 4.79 Å². The Balaban J connectivity index is 2.80. The van der Waals surface area contributed by atoms with Crippen LogP contribution in [0.2, 0.25) is 0 Å². The van der Waals surface area contributed by atoms with Crippen LogP contribution in [0.15, 0.2) is 12.3 Å². The van der Waals surface area contributed by atoms with E-state index in [1.54, 1.807) is 6.20 Å². The molecule has 0 saturated carbocycles. The summed E-state index contributed by atoms with van der Waals surface area (Å²) in [6.45, 7) is 5.32. The summed E-state index contributed by atoms with van der Waals surface area (Å²) in [4.78, 5) is 13.5. The van der Waals surface area contributed by atoms with Gasteiger partial charge < -0.3 is 9.84 Å². The van der Waals surface area contributed by atoms with Crippen LogP contribution in [0.25, 0.3) is 0 Å². The Bertz CT molecular complexity index is 311. The van der Waals surface area contributed by atoms with E-state index in [4.69, 9.17) is 16.3 Å². The summed E-state index contributed by atoms with van der Waals surface area (Å²) in [7, 11) is 0. The molecule has 4 nitrogen and oxygen atoms in total. The lowest BCUT2D eigenvalue weighted by molar-refractivity contribution is 0.00288. The van der Waals surface area contributed by atoms with Gasteiger partial charge in [0.15, 0.2) is 0 Å². The fourth-order valence-electron chi connectivity index (χ4n) is 1.82. The number of nitrogens with zero attached hydrogens (tertiary/aromatic N) is 1. The van der Waals surface area contributed by atoms with Crippen LogP contribution in [-0.4, -0.2) is 39.7 Å². The first-order chi connectivity index (χ1) is 7.84. The number of alkyl halides is 1. The zero-order chi connectivity index (χ0) is 13.1. The summed E-state index contributed by atoms with van der Waals surface area (Å²) < 4.78 is 5.31. The van der Waals surface area contributed by atoms with Crippen LogP contribution in [0.3, 0.4) is 0 Å². The summed E-state index contributed by atoms with van der Waals surface area (Å²) in [5, 5.41) is 9.52. The second kappa shape index (κ2) is 5.27. The van der Waals surface area contributed by atoms with E-state index < -0.39 is 17.2 Å². The normalized spacial score (nSPS) is 24.2. The van der Waals surface area contributed by atoms with Crippen molar-refractivity contribution in [3.05, 3.63) is 12.3 Å². The molecule has 0 radical (unpaired) electrons. The Morgan fingerprint density at radius 1 is 1.59 bits per heavy atom. The van der Waals surface area contributed by atoms with E-state index in [1.807, 2.05) is 26.8 Å². The molecule has 0 saturated heterocycles. The Kier molecular flexibility index (Phi) is 4.44. The second-order valence-electron chi connectivity index (χ2n) is 5.26. The minimum absolute atomic E-state index is 0.119. The van der Waals surface area contributed by atoms with Crippen LogP contribution in [0.5, 0.6) is 0 Å². The van der Waals surface area contributed by atoms with Crippen LogP contribution in [-0.2, 0) is 4.74 Å². The Labute approximate surface area is 107 Å². The highest BCUT2D eigenvalue weighted by Crippen LogP contribution is 2.32. The van der Waals surface area contributed by atoms with Gasteiger partial charge in [-0.2, -0.15) is 0 Å². The number of aliphatic hydroxyl groups is 1. The second-order valence-corrected chi connectivity index (χ2v) is 5.64. The Morgan fingerprint density at radius 2 is 2.24 bits per heavy atom. The third-order valence-corrected chi connectivity index (χ3v) is 2.90. The van der Waals surface area contributed by atoms with Crippen molar-refractivity contribution in [3.63, 3.8) is 0 Å². The summed E-state index contributed by atoms with van der Waals surface area (Å²) >= 11 is 5.74. The predicted molar refractivity (Wildman–Crippen MR) is 67.0 cm³/mol. The molecule has 0 aliphatic carbocycles. The van der Waals surface area contributed by atoms with Gasteiger partial charge in [0.1, 0.15) is 5.60 Å². The maximum Gasteiger partial charge on any atom is 0.414 e. The van der Waals surface area contributed by atoms with Gasteiger partial charge in [-0.3, -0.25) is 4.90 Å². The molecule has 1 N–H and O–H groups in total. The average Bonchev–Trinajstić information content (AvgIpc) is 2.60. The third kappa shape index (κ3) is 3.36. The fourth-order valence-corrected chi connectivity index (χ4v) is 2.17. The molecule has 1 aliphatic heterocycles. The molecular formula is C12H20ClNO3. The molecule has 0 bridgehead atoms. The maximum absolute atomic E-state index is 12.0. The third-order valence-electron chi connectivity index (χ3n) is 2.71. The predicted octanol–water partition coefficient (Wildman–Crippen LogP) is 2.50. The topological polar surface area (TPSA) is 49.8 Å². The SMILES string of the molecule is CC(C)(C)OC(=O)N1C=CCC1(CO)CCCl. The molecular weight excluding hydrogens is 242 g/mol. The van der Waals surface area contributed by atoms with Crippen LogP contribution in [0, 0.1) is 0 Å². The quantitative estimate of drug-likeness (QED) is 0.794. The van der Waals surface area contributed by atoms with E-state index in [0.29, 0.717) is 18.7 Å². The molecule has 0 spiro atoms. The monoisotopic (exact) mass is 261 g/mol. The van der Waals surface area contributed by atoms with Crippen molar-refractivity contribution in [3.8, 4) is 0 Å². The molecule has 5 heteroatoms. The smallest absolute Gasteiger partial charge is 0.414 e. The van der Waals surface area contributed by atoms with E-state index in [9.17, 15) is 9.90 Å². The number of carbonyl (C=O) groups is 1. The molecule has 17 heavy (non-hydrogen) atoms. The molecule has 98 valence electrons. The van der Waals surface area contributed by atoms with Gasteiger partial charge in [0, 0.05) is 12.1 Å². The first-order valence-corrected chi connectivity index (χ1v) is 6.24. The summed E-state index contributed by atoms with van der Waals surface area (Å²) in [6, 6.07) is 0. The van der Waals surface area contributed by atoms with Crippen LogP contribution in [0.1, 0.15) is 33.6 Å².